The van der Waals surface area contributed by atoms with Gasteiger partial charge in [-0.2, -0.15) is 5.26 Å². The van der Waals surface area contributed by atoms with Gasteiger partial charge in [-0.15, -0.1) is 0 Å². The topological polar surface area (TPSA) is 114 Å². The minimum absolute atomic E-state index is 0.0760. The van der Waals surface area contributed by atoms with Gasteiger partial charge in [0.25, 0.3) is 11.8 Å². The maximum atomic E-state index is 12.3. The lowest BCUT2D eigenvalue weighted by Crippen LogP contribution is -2.20. The summed E-state index contributed by atoms with van der Waals surface area (Å²) in [5.41, 5.74) is 6.07. The lowest BCUT2D eigenvalue weighted by Gasteiger charge is -2.06. The van der Waals surface area contributed by atoms with E-state index in [0.717, 1.165) is 0 Å². The largest absolute Gasteiger partial charge is 0.497 e. The number of carbonyl (C=O) groups excluding carboxylic acids is 2. The molecule has 0 spiro atoms. The van der Waals surface area contributed by atoms with Gasteiger partial charge in [0, 0.05) is 5.69 Å². The Morgan fingerprint density at radius 3 is 2.54 bits per heavy atom. The van der Waals surface area contributed by atoms with E-state index in [1.807, 2.05) is 6.07 Å². The van der Waals surface area contributed by atoms with Crippen LogP contribution in [0, 0.1) is 11.3 Å². The molecule has 132 valence electrons. The highest BCUT2D eigenvalue weighted by atomic mass is 16.5. The van der Waals surface area contributed by atoms with Crippen molar-refractivity contribution in [1.82, 2.24) is 0 Å². The molecular weight excluding hydrogens is 334 g/mol. The summed E-state index contributed by atoms with van der Waals surface area (Å²) in [6.07, 6.45) is 1.43. The number of anilines is 1. The van der Waals surface area contributed by atoms with Crippen LogP contribution >= 0.6 is 0 Å². The molecule has 0 atom stereocenters. The molecule has 0 aliphatic carbocycles. The van der Waals surface area contributed by atoms with Crippen molar-refractivity contribution < 1.29 is 19.1 Å². The quantitative estimate of drug-likeness (QED) is 0.586. The molecule has 0 unspecified atom stereocenters. The summed E-state index contributed by atoms with van der Waals surface area (Å²) in [4.78, 5) is 23.0. The van der Waals surface area contributed by atoms with Crippen LogP contribution in [0.4, 0.5) is 5.69 Å². The Bertz CT molecular complexity index is 867. The zero-order chi connectivity index (χ0) is 18.9. The molecule has 0 bridgehead atoms. The van der Waals surface area contributed by atoms with Crippen molar-refractivity contribution in [2.75, 3.05) is 19.0 Å². The fourth-order valence-electron chi connectivity index (χ4n) is 2.04. The molecule has 2 rings (SSSR count). The van der Waals surface area contributed by atoms with Gasteiger partial charge in [-0.3, -0.25) is 9.59 Å². The van der Waals surface area contributed by atoms with Gasteiger partial charge < -0.3 is 20.5 Å². The van der Waals surface area contributed by atoms with E-state index >= 15 is 0 Å². The summed E-state index contributed by atoms with van der Waals surface area (Å²) in [6, 6.07) is 15.2. The van der Waals surface area contributed by atoms with Crippen LogP contribution < -0.4 is 20.5 Å². The van der Waals surface area contributed by atoms with Gasteiger partial charge in [0.05, 0.1) is 7.11 Å². The summed E-state index contributed by atoms with van der Waals surface area (Å²) < 4.78 is 10.3. The van der Waals surface area contributed by atoms with E-state index in [1.165, 1.54) is 6.08 Å². The first kappa shape index (κ1) is 18.5. The van der Waals surface area contributed by atoms with Crippen molar-refractivity contribution >= 4 is 23.6 Å². The Morgan fingerprint density at radius 1 is 1.19 bits per heavy atom. The SMILES string of the molecule is COc1ccc(NC(=O)/C(C#N)=C\c2cccc(OCC(N)=O)c2)cc1. The normalized spacial score (nSPS) is 10.5. The standard InChI is InChI=1S/C19H17N3O4/c1-25-16-7-5-15(6-8-16)22-19(24)14(11-20)9-13-3-2-4-17(10-13)26-12-18(21)23/h2-10H,12H2,1H3,(H2,21,23)(H,22,24)/b14-9-. The van der Waals surface area contributed by atoms with E-state index in [4.69, 9.17) is 15.2 Å². The average molecular weight is 351 g/mol. The van der Waals surface area contributed by atoms with Crippen LogP contribution in [0.3, 0.4) is 0 Å². The van der Waals surface area contributed by atoms with Crippen LogP contribution in [0.2, 0.25) is 0 Å². The van der Waals surface area contributed by atoms with Gasteiger partial charge in [0.15, 0.2) is 6.61 Å². The molecule has 7 nitrogen and oxygen atoms in total. The molecule has 0 aliphatic rings. The van der Waals surface area contributed by atoms with Crippen molar-refractivity contribution in [3.63, 3.8) is 0 Å². The molecule has 7 heteroatoms. The summed E-state index contributed by atoms with van der Waals surface area (Å²) >= 11 is 0. The minimum Gasteiger partial charge on any atom is -0.497 e. The molecular formula is C19H17N3O4. The van der Waals surface area contributed by atoms with Crippen molar-refractivity contribution in [1.29, 1.82) is 5.26 Å². The Balaban J connectivity index is 2.13. The fraction of sp³-hybridized carbons (Fsp3) is 0.105. The Kier molecular flexibility index (Phi) is 6.34. The van der Waals surface area contributed by atoms with Gasteiger partial charge in [-0.05, 0) is 48.0 Å². The number of ether oxygens (including phenoxy) is 2. The smallest absolute Gasteiger partial charge is 0.266 e. The summed E-state index contributed by atoms with van der Waals surface area (Å²) in [7, 11) is 1.55. The number of amides is 2. The predicted octanol–water partition coefficient (Wildman–Crippen LogP) is 2.10. The highest BCUT2D eigenvalue weighted by Gasteiger charge is 2.10. The van der Waals surface area contributed by atoms with Gasteiger partial charge >= 0.3 is 0 Å². The first-order valence-corrected chi connectivity index (χ1v) is 7.60. The molecule has 0 heterocycles. The van der Waals surface area contributed by atoms with Crippen molar-refractivity contribution in [2.24, 2.45) is 5.73 Å². The zero-order valence-corrected chi connectivity index (χ0v) is 14.1. The van der Waals surface area contributed by atoms with E-state index in [9.17, 15) is 14.9 Å². The summed E-state index contributed by atoms with van der Waals surface area (Å²) in [6.45, 7) is -0.254. The van der Waals surface area contributed by atoms with E-state index in [2.05, 4.69) is 5.32 Å². The summed E-state index contributed by atoms with van der Waals surface area (Å²) in [5, 5.41) is 11.9. The van der Waals surface area contributed by atoms with Crippen molar-refractivity contribution in [3.8, 4) is 17.6 Å². The van der Waals surface area contributed by atoms with Crippen LogP contribution in [0.25, 0.3) is 6.08 Å². The molecule has 2 amide bonds. The number of hydrogen-bond donors (Lipinski definition) is 2. The van der Waals surface area contributed by atoms with Crippen molar-refractivity contribution in [3.05, 3.63) is 59.7 Å². The van der Waals surface area contributed by atoms with Crippen LogP contribution in [0.15, 0.2) is 54.1 Å². The number of primary amides is 1. The number of rotatable bonds is 7. The monoisotopic (exact) mass is 351 g/mol. The lowest BCUT2D eigenvalue weighted by atomic mass is 10.1. The molecule has 3 N–H and O–H groups in total. The third-order valence-electron chi connectivity index (χ3n) is 3.26. The number of methoxy groups -OCH3 is 1. The molecule has 2 aromatic carbocycles. The molecule has 0 aromatic heterocycles. The first-order chi connectivity index (χ1) is 12.5. The Morgan fingerprint density at radius 2 is 1.92 bits per heavy atom. The van der Waals surface area contributed by atoms with Crippen molar-refractivity contribution in [2.45, 2.75) is 0 Å². The molecule has 0 saturated heterocycles. The number of hydrogen-bond acceptors (Lipinski definition) is 5. The van der Waals surface area contributed by atoms with Gasteiger partial charge in [0.1, 0.15) is 23.1 Å². The third kappa shape index (κ3) is 5.39. The maximum absolute atomic E-state index is 12.3. The molecule has 2 aromatic rings. The Labute approximate surface area is 150 Å². The van der Waals surface area contributed by atoms with Gasteiger partial charge in [-0.1, -0.05) is 12.1 Å². The minimum atomic E-state index is -0.595. The molecule has 0 saturated carbocycles. The molecule has 0 radical (unpaired) electrons. The number of nitrogens with zero attached hydrogens (tertiary/aromatic N) is 1. The second-order valence-electron chi connectivity index (χ2n) is 5.18. The Hall–Kier alpha value is -3.79. The van der Waals surface area contributed by atoms with Gasteiger partial charge in [0.2, 0.25) is 0 Å². The van der Waals surface area contributed by atoms with E-state index < -0.39 is 11.8 Å². The molecule has 26 heavy (non-hydrogen) atoms. The first-order valence-electron chi connectivity index (χ1n) is 7.60. The van der Waals surface area contributed by atoms with E-state index in [-0.39, 0.29) is 12.2 Å². The highest BCUT2D eigenvalue weighted by Crippen LogP contribution is 2.18. The zero-order valence-electron chi connectivity index (χ0n) is 14.1. The summed E-state index contributed by atoms with van der Waals surface area (Å²) in [5.74, 6) is -0.0686. The molecule has 0 aliphatic heterocycles. The predicted molar refractivity (Wildman–Crippen MR) is 96.3 cm³/mol. The van der Waals surface area contributed by atoms with Gasteiger partial charge in [-0.25, -0.2) is 0 Å². The van der Waals surface area contributed by atoms with Crippen LogP contribution in [0.5, 0.6) is 11.5 Å². The fourth-order valence-corrected chi connectivity index (χ4v) is 2.04. The number of nitrogens with one attached hydrogen (secondary N) is 1. The van der Waals surface area contributed by atoms with Crippen LogP contribution in [0.1, 0.15) is 5.56 Å². The average Bonchev–Trinajstić information content (AvgIpc) is 2.65. The lowest BCUT2D eigenvalue weighted by molar-refractivity contribution is -0.120. The van der Waals surface area contributed by atoms with E-state index in [0.29, 0.717) is 22.7 Å². The molecule has 0 fully saturated rings. The number of benzene rings is 2. The number of nitriles is 1. The second-order valence-corrected chi connectivity index (χ2v) is 5.18. The highest BCUT2D eigenvalue weighted by molar-refractivity contribution is 6.09. The van der Waals surface area contributed by atoms with E-state index in [1.54, 1.807) is 55.6 Å². The second kappa shape index (κ2) is 8.89. The van der Waals surface area contributed by atoms with Crippen LogP contribution in [-0.2, 0) is 9.59 Å². The number of carbonyl (C=O) groups is 2. The maximum Gasteiger partial charge on any atom is 0.266 e. The third-order valence-corrected chi connectivity index (χ3v) is 3.26. The number of nitrogens with two attached hydrogens (primary N) is 1. The van der Waals surface area contributed by atoms with Crippen LogP contribution in [-0.4, -0.2) is 25.5 Å².